The lowest BCUT2D eigenvalue weighted by molar-refractivity contribution is -0.375. The van der Waals surface area contributed by atoms with E-state index >= 15 is 0 Å². The van der Waals surface area contributed by atoms with Gasteiger partial charge in [-0.25, -0.2) is 4.79 Å². The molecule has 1 aromatic carbocycles. The van der Waals surface area contributed by atoms with E-state index in [4.69, 9.17) is 33.2 Å². The van der Waals surface area contributed by atoms with Gasteiger partial charge in [-0.3, -0.25) is 9.59 Å². The van der Waals surface area contributed by atoms with Crippen LogP contribution < -0.4 is 5.32 Å². The first-order valence-corrected chi connectivity index (χ1v) is 19.5. The van der Waals surface area contributed by atoms with Gasteiger partial charge in [-0.2, -0.15) is 0 Å². The quantitative estimate of drug-likeness (QED) is 0.0497. The van der Waals surface area contributed by atoms with Crippen molar-refractivity contribution in [2.24, 2.45) is 0 Å². The summed E-state index contributed by atoms with van der Waals surface area (Å²) < 4.78 is 46.5. The van der Waals surface area contributed by atoms with Crippen molar-refractivity contribution in [2.75, 3.05) is 26.9 Å². The summed E-state index contributed by atoms with van der Waals surface area (Å²) in [7, 11) is 1.34. The van der Waals surface area contributed by atoms with Crippen molar-refractivity contribution in [1.29, 1.82) is 0 Å². The molecule has 3 aliphatic heterocycles. The van der Waals surface area contributed by atoms with Gasteiger partial charge in [0.15, 0.2) is 25.0 Å². The zero-order chi connectivity index (χ0) is 42.5. The predicted molar refractivity (Wildman–Crippen MR) is 195 cm³/mol. The summed E-state index contributed by atoms with van der Waals surface area (Å²) in [5.74, 6) is -2.30. The van der Waals surface area contributed by atoms with Crippen molar-refractivity contribution in [3.8, 4) is 0 Å². The molecule has 0 aromatic heterocycles. The van der Waals surface area contributed by atoms with E-state index < -0.39 is 123 Å². The minimum atomic E-state index is -1.95. The van der Waals surface area contributed by atoms with E-state index in [0.29, 0.717) is 19.3 Å². The second-order valence-corrected chi connectivity index (χ2v) is 14.6. The standard InChI is InChI=1S/C38H59NO19/c1-19-26(44)28(46)29(47)37(53-19)58-33-25(39-20(2)42)36(52-16-12-7-5-4-6-11-15-24(43)51-3)55-23(18-41)32(33)57-38-30(48)34(27(45)22(17-40)54-38)56-31(35(49)50)21-13-9-8-10-14-21/h8-10,13-14,19,22-23,25-34,36-38,40-41,44-48H,4-7,11-12,15-18H2,1-3H3,(H,39,42)(H,49,50)/t19-,22+,23+,25+,26+,27-,28+,29-,30+,31-,32+,33+,34-,36+,37-,38-/m0/s1. The molecule has 3 aliphatic rings. The molecular formula is C38H59NO19. The minimum Gasteiger partial charge on any atom is -0.479 e. The fraction of sp³-hybridized carbons (Fsp3) is 0.763. The third kappa shape index (κ3) is 12.6. The molecular weight excluding hydrogens is 774 g/mol. The molecule has 0 saturated carbocycles. The summed E-state index contributed by atoms with van der Waals surface area (Å²) in [4.78, 5) is 36.3. The Kier molecular flexibility index (Phi) is 19.1. The molecule has 0 bridgehead atoms. The van der Waals surface area contributed by atoms with Gasteiger partial charge in [0.2, 0.25) is 5.91 Å². The van der Waals surface area contributed by atoms with Gasteiger partial charge < -0.3 is 84.1 Å². The van der Waals surface area contributed by atoms with Crippen LogP contribution >= 0.6 is 0 Å². The number of amides is 1. The second-order valence-electron chi connectivity index (χ2n) is 14.6. The lowest BCUT2D eigenvalue weighted by atomic mass is 9.94. The average Bonchev–Trinajstić information content (AvgIpc) is 3.20. The number of carbonyl (C=O) groups excluding carboxylic acids is 2. The van der Waals surface area contributed by atoms with E-state index in [0.717, 1.165) is 25.7 Å². The van der Waals surface area contributed by atoms with E-state index in [2.05, 4.69) is 10.1 Å². The van der Waals surface area contributed by atoms with Gasteiger partial charge in [0.05, 0.1) is 26.4 Å². The Hall–Kier alpha value is -2.93. The molecule has 3 saturated heterocycles. The lowest BCUT2D eigenvalue weighted by Gasteiger charge is -2.50. The molecule has 0 aliphatic carbocycles. The first kappa shape index (κ1) is 47.7. The van der Waals surface area contributed by atoms with E-state index in [-0.39, 0.29) is 18.1 Å². The topological polar surface area (TPSA) is 299 Å². The molecule has 9 N–H and O–H groups in total. The van der Waals surface area contributed by atoms with Crippen LogP contribution in [0.2, 0.25) is 0 Å². The Morgan fingerprint density at radius 2 is 1.33 bits per heavy atom. The fourth-order valence-electron chi connectivity index (χ4n) is 7.11. The van der Waals surface area contributed by atoms with Crippen molar-refractivity contribution < 1.29 is 93.1 Å². The van der Waals surface area contributed by atoms with Crippen LogP contribution in [0.15, 0.2) is 30.3 Å². The maximum atomic E-state index is 12.7. The highest BCUT2D eigenvalue weighted by molar-refractivity contribution is 5.74. The largest absolute Gasteiger partial charge is 0.479 e. The van der Waals surface area contributed by atoms with Crippen molar-refractivity contribution in [3.05, 3.63) is 35.9 Å². The number of hydrogen-bond donors (Lipinski definition) is 9. The number of benzene rings is 1. The third-order valence-corrected chi connectivity index (χ3v) is 10.3. The minimum absolute atomic E-state index is 0.121. The van der Waals surface area contributed by atoms with Crippen LogP contribution in [0, 0.1) is 0 Å². The van der Waals surface area contributed by atoms with Crippen LogP contribution in [0.4, 0.5) is 0 Å². The molecule has 330 valence electrons. The Morgan fingerprint density at radius 1 is 0.724 bits per heavy atom. The first-order valence-electron chi connectivity index (χ1n) is 19.5. The number of aliphatic hydroxyl groups is 7. The van der Waals surface area contributed by atoms with Gasteiger partial charge in [0, 0.05) is 20.0 Å². The van der Waals surface area contributed by atoms with Gasteiger partial charge in [-0.15, -0.1) is 0 Å². The van der Waals surface area contributed by atoms with Crippen LogP contribution in [-0.2, 0) is 52.3 Å². The van der Waals surface area contributed by atoms with Crippen LogP contribution in [0.25, 0.3) is 0 Å². The molecule has 1 aromatic rings. The van der Waals surface area contributed by atoms with Gasteiger partial charge in [0.25, 0.3) is 0 Å². The molecule has 1 amide bonds. The zero-order valence-corrected chi connectivity index (χ0v) is 32.8. The highest BCUT2D eigenvalue weighted by Gasteiger charge is 2.55. The molecule has 0 spiro atoms. The number of carboxylic acids is 1. The smallest absolute Gasteiger partial charge is 0.337 e. The summed E-state index contributed by atoms with van der Waals surface area (Å²) in [6.07, 6.45) is -19.1. The zero-order valence-electron chi connectivity index (χ0n) is 32.8. The van der Waals surface area contributed by atoms with Crippen LogP contribution in [-0.4, -0.2) is 178 Å². The molecule has 20 heteroatoms. The summed E-state index contributed by atoms with van der Waals surface area (Å²) in [6, 6.07) is 6.44. The number of esters is 1. The molecule has 0 unspecified atom stereocenters. The Morgan fingerprint density at radius 3 is 1.95 bits per heavy atom. The normalized spacial score (nSPS) is 35.9. The molecule has 20 nitrogen and oxygen atoms in total. The number of ether oxygens (including phenoxy) is 8. The molecule has 3 heterocycles. The molecule has 16 atom stereocenters. The molecule has 58 heavy (non-hydrogen) atoms. The Labute approximate surface area is 335 Å². The monoisotopic (exact) mass is 833 g/mol. The predicted octanol–water partition coefficient (Wildman–Crippen LogP) is -1.62. The maximum Gasteiger partial charge on any atom is 0.337 e. The second kappa shape index (κ2) is 23.2. The number of nitrogens with one attached hydrogen (secondary N) is 1. The maximum absolute atomic E-state index is 12.7. The van der Waals surface area contributed by atoms with E-state index in [1.165, 1.54) is 33.1 Å². The number of methoxy groups -OCH3 is 1. The SMILES string of the molecule is COC(=O)CCCCCCCCO[C@@H]1O[C@H](CO)[C@@H](O[C@@H]2O[C@H](CO)[C@H](O)[C@H](O[C@H](C(=O)O)c3ccccc3)[C@H]2O)[C@H](O[C@@H]2O[C@@H](C)[C@@H](O)[C@@H](O)[C@@H]2O)[C@H]1NC(C)=O. The number of unbranched alkanes of at least 4 members (excludes halogenated alkanes) is 5. The van der Waals surface area contributed by atoms with Crippen molar-refractivity contribution in [1.82, 2.24) is 5.32 Å². The number of aliphatic carboxylic acids is 1. The first-order chi connectivity index (χ1) is 27.7. The Bertz CT molecular complexity index is 1410. The molecule has 3 fully saturated rings. The number of carboxylic acid groups (broad SMARTS) is 1. The summed E-state index contributed by atoms with van der Waals surface area (Å²) >= 11 is 0. The van der Waals surface area contributed by atoms with Crippen LogP contribution in [0.5, 0.6) is 0 Å². The average molecular weight is 834 g/mol. The van der Waals surface area contributed by atoms with Gasteiger partial charge in [0.1, 0.15) is 67.1 Å². The number of carbonyl (C=O) groups is 3. The fourth-order valence-corrected chi connectivity index (χ4v) is 7.11. The Balaban J connectivity index is 1.59. The van der Waals surface area contributed by atoms with Crippen molar-refractivity contribution in [2.45, 2.75) is 157 Å². The lowest BCUT2D eigenvalue weighted by Crippen LogP contribution is -2.70. The van der Waals surface area contributed by atoms with Crippen molar-refractivity contribution in [3.63, 3.8) is 0 Å². The van der Waals surface area contributed by atoms with Crippen LogP contribution in [0.1, 0.15) is 70.5 Å². The molecule has 4 rings (SSSR count). The number of rotatable bonds is 21. The van der Waals surface area contributed by atoms with E-state index in [9.17, 15) is 55.2 Å². The summed E-state index contributed by atoms with van der Waals surface area (Å²) in [5.41, 5.74) is 0.181. The summed E-state index contributed by atoms with van der Waals surface area (Å²) in [6.45, 7) is 1.13. The van der Waals surface area contributed by atoms with Gasteiger partial charge in [-0.05, 0) is 25.3 Å². The van der Waals surface area contributed by atoms with Gasteiger partial charge in [-0.1, -0.05) is 56.0 Å². The number of hydrogen-bond acceptors (Lipinski definition) is 18. The highest BCUT2D eigenvalue weighted by atomic mass is 16.8. The van der Waals surface area contributed by atoms with E-state index in [1.54, 1.807) is 18.2 Å². The van der Waals surface area contributed by atoms with E-state index in [1.807, 2.05) is 0 Å². The third-order valence-electron chi connectivity index (χ3n) is 10.3. The highest BCUT2D eigenvalue weighted by Crippen LogP contribution is 2.35. The summed E-state index contributed by atoms with van der Waals surface area (Å²) in [5, 5.41) is 88.0. The van der Waals surface area contributed by atoms with Gasteiger partial charge >= 0.3 is 11.9 Å². The molecule has 0 radical (unpaired) electrons. The number of aliphatic hydroxyl groups excluding tert-OH is 7. The van der Waals surface area contributed by atoms with Crippen molar-refractivity contribution >= 4 is 17.8 Å². The van der Waals surface area contributed by atoms with Crippen LogP contribution in [0.3, 0.4) is 0 Å².